The molecule has 0 aliphatic heterocycles. The third-order valence-corrected chi connectivity index (χ3v) is 4.20. The van der Waals surface area contributed by atoms with Crippen LogP contribution in [0.5, 0.6) is 23.0 Å². The number of methoxy groups -OCH3 is 1. The lowest BCUT2D eigenvalue weighted by atomic mass is 10.2. The molecule has 2 aromatic rings. The lowest BCUT2D eigenvalue weighted by molar-refractivity contribution is -0.124. The second-order valence-corrected chi connectivity index (χ2v) is 6.51. The van der Waals surface area contributed by atoms with E-state index < -0.39 is 18.5 Å². The molecule has 31 heavy (non-hydrogen) atoms. The van der Waals surface area contributed by atoms with Crippen molar-refractivity contribution in [2.24, 2.45) is 0 Å². The number of halogens is 1. The highest BCUT2D eigenvalue weighted by Crippen LogP contribution is 2.36. The van der Waals surface area contributed by atoms with Gasteiger partial charge in [0, 0.05) is 0 Å². The Morgan fingerprint density at radius 2 is 1.61 bits per heavy atom. The van der Waals surface area contributed by atoms with Crippen molar-refractivity contribution >= 4 is 23.5 Å². The van der Waals surface area contributed by atoms with Crippen LogP contribution in [0.15, 0.2) is 36.4 Å². The summed E-state index contributed by atoms with van der Waals surface area (Å²) in [7, 11) is 1.44. The molecule has 0 saturated carbocycles. The zero-order chi connectivity index (χ0) is 22.6. The molecule has 0 aliphatic carbocycles. The molecule has 9 heteroatoms. The van der Waals surface area contributed by atoms with E-state index in [9.17, 15) is 9.59 Å². The first kappa shape index (κ1) is 24.1. The molecule has 2 rings (SSSR count). The van der Waals surface area contributed by atoms with Crippen LogP contribution in [0.4, 0.5) is 0 Å². The normalized spacial score (nSPS) is 10.2. The first-order valence-corrected chi connectivity index (χ1v) is 10.2. The van der Waals surface area contributed by atoms with E-state index in [4.69, 9.17) is 35.3 Å². The lowest BCUT2D eigenvalue weighted by Gasteiger charge is -2.13. The Balaban J connectivity index is 1.75. The predicted molar refractivity (Wildman–Crippen MR) is 116 cm³/mol. The first-order chi connectivity index (χ1) is 15.0. The molecule has 0 atom stereocenters. The summed E-state index contributed by atoms with van der Waals surface area (Å²) in [6.45, 7) is 4.78. The quantitative estimate of drug-likeness (QED) is 0.390. The van der Waals surface area contributed by atoms with Gasteiger partial charge in [0.25, 0.3) is 5.91 Å². The van der Waals surface area contributed by atoms with Gasteiger partial charge in [0.05, 0.1) is 37.5 Å². The van der Waals surface area contributed by atoms with Crippen LogP contribution in [-0.4, -0.2) is 52.0 Å². The van der Waals surface area contributed by atoms with E-state index in [0.717, 1.165) is 5.75 Å². The van der Waals surface area contributed by atoms with Gasteiger partial charge in [-0.05, 0) is 50.2 Å². The molecule has 0 spiro atoms. The monoisotopic (exact) mass is 451 g/mol. The number of rotatable bonds is 12. The van der Waals surface area contributed by atoms with Gasteiger partial charge >= 0.3 is 5.97 Å². The number of hydrogen-bond acceptors (Lipinski definition) is 7. The Kier molecular flexibility index (Phi) is 9.77. The van der Waals surface area contributed by atoms with Gasteiger partial charge < -0.3 is 29.0 Å². The Morgan fingerprint density at radius 1 is 0.968 bits per heavy atom. The Morgan fingerprint density at radius 3 is 2.23 bits per heavy atom. The van der Waals surface area contributed by atoms with E-state index in [1.165, 1.54) is 19.2 Å². The predicted octanol–water partition coefficient (Wildman–Crippen LogP) is 3.50. The van der Waals surface area contributed by atoms with Crippen molar-refractivity contribution in [3.8, 4) is 23.0 Å². The Hall–Kier alpha value is -3.13. The third-order valence-electron chi connectivity index (χ3n) is 3.92. The van der Waals surface area contributed by atoms with Crippen LogP contribution in [0.1, 0.15) is 24.2 Å². The number of hydrogen-bond donors (Lipinski definition) is 1. The van der Waals surface area contributed by atoms with E-state index in [-0.39, 0.29) is 23.7 Å². The summed E-state index contributed by atoms with van der Waals surface area (Å²) in [6, 6.07) is 10.0. The van der Waals surface area contributed by atoms with Crippen LogP contribution < -0.4 is 24.3 Å². The largest absolute Gasteiger partial charge is 0.494 e. The summed E-state index contributed by atoms with van der Waals surface area (Å²) < 4.78 is 26.5. The molecule has 0 heterocycles. The number of amides is 1. The van der Waals surface area contributed by atoms with Crippen molar-refractivity contribution in [2.75, 3.05) is 40.1 Å². The number of ether oxygens (including phenoxy) is 5. The summed E-state index contributed by atoms with van der Waals surface area (Å²) in [5.74, 6) is 0.907. The molecule has 168 valence electrons. The maximum absolute atomic E-state index is 12.2. The number of nitrogens with one attached hydrogen (secondary N) is 1. The Labute approximate surface area is 186 Å². The molecular weight excluding hydrogens is 426 g/mol. The van der Waals surface area contributed by atoms with Gasteiger partial charge in [-0.2, -0.15) is 0 Å². The van der Waals surface area contributed by atoms with Gasteiger partial charge in [-0.1, -0.05) is 11.6 Å². The van der Waals surface area contributed by atoms with Crippen LogP contribution in [0, 0.1) is 0 Å². The topological polar surface area (TPSA) is 92.3 Å². The van der Waals surface area contributed by atoms with Crippen molar-refractivity contribution in [2.45, 2.75) is 13.8 Å². The average molecular weight is 452 g/mol. The van der Waals surface area contributed by atoms with Gasteiger partial charge in [-0.25, -0.2) is 4.79 Å². The van der Waals surface area contributed by atoms with Crippen molar-refractivity contribution in [3.63, 3.8) is 0 Å². The van der Waals surface area contributed by atoms with Gasteiger partial charge in [-0.15, -0.1) is 0 Å². The molecule has 0 fully saturated rings. The summed E-state index contributed by atoms with van der Waals surface area (Å²) in [6.07, 6.45) is 0. The van der Waals surface area contributed by atoms with Crippen LogP contribution in [0.2, 0.25) is 5.02 Å². The van der Waals surface area contributed by atoms with Crippen LogP contribution in [0.3, 0.4) is 0 Å². The Bertz CT molecular complexity index is 871. The minimum absolute atomic E-state index is 0.150. The van der Waals surface area contributed by atoms with Crippen molar-refractivity contribution in [1.29, 1.82) is 0 Å². The smallest absolute Gasteiger partial charge is 0.338 e. The highest BCUT2D eigenvalue weighted by molar-refractivity contribution is 6.32. The molecule has 1 N–H and O–H groups in total. The van der Waals surface area contributed by atoms with Crippen LogP contribution >= 0.6 is 11.6 Å². The molecule has 0 unspecified atom stereocenters. The van der Waals surface area contributed by atoms with E-state index >= 15 is 0 Å². The maximum Gasteiger partial charge on any atom is 0.338 e. The second kappa shape index (κ2) is 12.5. The number of carbonyl (C=O) groups excluding carboxylic acids is 2. The number of esters is 1. The molecular formula is C22H26ClNO7. The summed E-state index contributed by atoms with van der Waals surface area (Å²) in [4.78, 5) is 24.1. The van der Waals surface area contributed by atoms with Gasteiger partial charge in [0.15, 0.2) is 18.1 Å². The minimum atomic E-state index is -0.705. The van der Waals surface area contributed by atoms with E-state index in [2.05, 4.69) is 5.32 Å². The standard InChI is InChI=1S/C22H26ClNO7/c1-4-28-16-6-8-17(9-7-16)30-11-10-24-20(25)14-31-22(26)15-12-18(23)21(29-5-2)19(13-15)27-3/h6-9,12-13H,4-5,10-11,14H2,1-3H3,(H,24,25). The van der Waals surface area contributed by atoms with Crippen LogP contribution in [0.25, 0.3) is 0 Å². The van der Waals surface area contributed by atoms with E-state index in [1.807, 2.05) is 6.92 Å². The fourth-order valence-corrected chi connectivity index (χ4v) is 2.81. The molecule has 0 aliphatic rings. The first-order valence-electron chi connectivity index (χ1n) is 9.78. The highest BCUT2D eigenvalue weighted by atomic mass is 35.5. The van der Waals surface area contributed by atoms with Crippen molar-refractivity contribution < 1.29 is 33.3 Å². The molecule has 0 aromatic heterocycles. The molecule has 0 bridgehead atoms. The number of carbonyl (C=O) groups is 2. The summed E-state index contributed by atoms with van der Waals surface area (Å²) in [5.41, 5.74) is 0.150. The highest BCUT2D eigenvalue weighted by Gasteiger charge is 2.17. The zero-order valence-electron chi connectivity index (χ0n) is 17.7. The van der Waals surface area contributed by atoms with Crippen LogP contribution in [-0.2, 0) is 9.53 Å². The fraction of sp³-hybridized carbons (Fsp3) is 0.364. The maximum atomic E-state index is 12.2. The van der Waals surface area contributed by atoms with Crippen molar-refractivity contribution in [1.82, 2.24) is 5.32 Å². The second-order valence-electron chi connectivity index (χ2n) is 6.10. The molecule has 0 saturated heterocycles. The fourth-order valence-electron chi connectivity index (χ4n) is 2.55. The van der Waals surface area contributed by atoms with Gasteiger partial charge in [-0.3, -0.25) is 4.79 Å². The van der Waals surface area contributed by atoms with Gasteiger partial charge in [0.2, 0.25) is 0 Å². The average Bonchev–Trinajstić information content (AvgIpc) is 2.77. The van der Waals surface area contributed by atoms with Gasteiger partial charge in [0.1, 0.15) is 18.1 Å². The minimum Gasteiger partial charge on any atom is -0.494 e. The third kappa shape index (κ3) is 7.57. The number of benzene rings is 2. The van der Waals surface area contributed by atoms with Crippen molar-refractivity contribution in [3.05, 3.63) is 47.0 Å². The SMILES string of the molecule is CCOc1ccc(OCCNC(=O)COC(=O)c2cc(Cl)c(OCC)c(OC)c2)cc1. The van der Waals surface area contributed by atoms with E-state index in [0.29, 0.717) is 30.5 Å². The molecule has 2 aromatic carbocycles. The zero-order valence-corrected chi connectivity index (χ0v) is 18.5. The molecule has 1 amide bonds. The lowest BCUT2D eigenvalue weighted by Crippen LogP contribution is -2.32. The summed E-state index contributed by atoms with van der Waals surface area (Å²) >= 11 is 6.15. The summed E-state index contributed by atoms with van der Waals surface area (Å²) in [5, 5.41) is 2.83. The van der Waals surface area contributed by atoms with E-state index in [1.54, 1.807) is 31.2 Å². The molecule has 8 nitrogen and oxygen atoms in total. The molecule has 0 radical (unpaired) electrons.